The van der Waals surface area contributed by atoms with Crippen LogP contribution in [-0.2, 0) is 9.59 Å². The molecule has 0 atom stereocenters. The average Bonchev–Trinajstić information content (AvgIpc) is 2.74. The molecule has 0 aliphatic heterocycles. The molecule has 0 spiro atoms. The topological polar surface area (TPSA) is 137 Å². The van der Waals surface area contributed by atoms with Crippen LogP contribution in [0, 0.1) is 10.1 Å². The number of benzene rings is 2. The Morgan fingerprint density at radius 2 is 1.73 bits per heavy atom. The molecule has 0 saturated heterocycles. The molecule has 1 amide bonds. The van der Waals surface area contributed by atoms with E-state index in [2.05, 4.69) is 10.5 Å². The second kappa shape index (κ2) is 10.5. The van der Waals surface area contributed by atoms with E-state index in [1.807, 2.05) is 0 Å². The third-order valence-corrected chi connectivity index (χ3v) is 3.73. The van der Waals surface area contributed by atoms with Gasteiger partial charge in [-0.15, -0.1) is 0 Å². The van der Waals surface area contributed by atoms with Crippen molar-refractivity contribution in [2.24, 2.45) is 5.10 Å². The number of hydrogen-bond acceptors (Lipinski definition) is 8. The third-order valence-electron chi connectivity index (χ3n) is 3.73. The highest BCUT2D eigenvalue weighted by atomic mass is 16.6. The maximum Gasteiger partial charge on any atom is 0.310 e. The molecule has 0 fully saturated rings. The molecule has 156 valence electrons. The number of ether oxygens (including phenoxy) is 2. The van der Waals surface area contributed by atoms with Crippen LogP contribution in [0.1, 0.15) is 42.6 Å². The van der Waals surface area contributed by atoms with Crippen LogP contribution in [-0.4, -0.2) is 29.0 Å². The summed E-state index contributed by atoms with van der Waals surface area (Å²) in [7, 11) is 0. The zero-order chi connectivity index (χ0) is 22.1. The molecule has 2 aromatic carbocycles. The highest BCUT2D eigenvalue weighted by Crippen LogP contribution is 2.25. The van der Waals surface area contributed by atoms with Crippen molar-refractivity contribution in [3.8, 4) is 11.5 Å². The van der Waals surface area contributed by atoms with Gasteiger partial charge in [0.1, 0.15) is 17.1 Å². The highest BCUT2D eigenvalue weighted by Gasteiger charge is 2.18. The number of amides is 1. The fraction of sp³-hybridized carbons (Fsp3) is 0.200. The Bertz CT molecular complexity index is 1000. The summed E-state index contributed by atoms with van der Waals surface area (Å²) in [5.41, 5.74) is 2.00. The van der Waals surface area contributed by atoms with Crippen LogP contribution < -0.4 is 14.9 Å². The van der Waals surface area contributed by atoms with Crippen molar-refractivity contribution in [3.63, 3.8) is 0 Å². The largest absolute Gasteiger partial charge is 0.426 e. The minimum Gasteiger partial charge on any atom is -0.426 e. The molecule has 0 aromatic heterocycles. The maximum atomic E-state index is 12.2. The summed E-state index contributed by atoms with van der Waals surface area (Å²) in [6, 6.07) is 9.75. The fourth-order valence-corrected chi connectivity index (χ4v) is 2.22. The fourth-order valence-electron chi connectivity index (χ4n) is 2.22. The number of nitrogens with one attached hydrogen (secondary N) is 1. The first-order valence-corrected chi connectivity index (χ1v) is 8.97. The zero-order valence-electron chi connectivity index (χ0n) is 16.3. The number of rotatable bonds is 8. The molecular formula is C20H19N3O7. The lowest BCUT2D eigenvalue weighted by atomic mass is 10.2. The lowest BCUT2D eigenvalue weighted by Crippen LogP contribution is -2.19. The van der Waals surface area contributed by atoms with Gasteiger partial charge in [-0.1, -0.05) is 26.0 Å². The summed E-state index contributed by atoms with van der Waals surface area (Å²) in [4.78, 5) is 45.7. The number of nitro groups is 1. The minimum absolute atomic E-state index is 0.0759. The lowest BCUT2D eigenvalue weighted by molar-refractivity contribution is -0.385. The van der Waals surface area contributed by atoms with Crippen molar-refractivity contribution in [2.45, 2.75) is 26.7 Å². The number of nitro benzene ring substituents is 1. The quantitative estimate of drug-likeness (QED) is 0.231. The predicted octanol–water partition coefficient (Wildman–Crippen LogP) is 2.99. The van der Waals surface area contributed by atoms with Crippen LogP contribution in [0.5, 0.6) is 11.5 Å². The summed E-state index contributed by atoms with van der Waals surface area (Å²) in [5, 5.41) is 14.8. The van der Waals surface area contributed by atoms with Gasteiger partial charge in [0, 0.05) is 30.5 Å². The number of hydrogen-bond donors (Lipinski definition) is 1. The van der Waals surface area contributed by atoms with E-state index in [-0.39, 0.29) is 35.6 Å². The van der Waals surface area contributed by atoms with E-state index < -0.39 is 22.8 Å². The van der Waals surface area contributed by atoms with Gasteiger partial charge in [-0.3, -0.25) is 24.5 Å². The number of carbonyl (C=O) groups is 3. The Hall–Kier alpha value is -4.08. The molecule has 0 bridgehead atoms. The first-order chi connectivity index (χ1) is 14.3. The lowest BCUT2D eigenvalue weighted by Gasteiger charge is -2.09. The smallest absolute Gasteiger partial charge is 0.310 e. The normalized spacial score (nSPS) is 10.5. The van der Waals surface area contributed by atoms with Crippen LogP contribution in [0.25, 0.3) is 0 Å². The predicted molar refractivity (Wildman–Crippen MR) is 106 cm³/mol. The Morgan fingerprint density at radius 3 is 2.40 bits per heavy atom. The molecule has 0 unspecified atom stereocenters. The Balaban J connectivity index is 2.22. The maximum absolute atomic E-state index is 12.2. The van der Waals surface area contributed by atoms with Crippen molar-refractivity contribution in [2.75, 3.05) is 0 Å². The minimum atomic E-state index is -0.779. The second-order valence-electron chi connectivity index (χ2n) is 5.83. The Kier molecular flexibility index (Phi) is 7.74. The monoisotopic (exact) mass is 413 g/mol. The van der Waals surface area contributed by atoms with Gasteiger partial charge in [-0.2, -0.15) is 5.10 Å². The molecule has 10 heteroatoms. The molecule has 10 nitrogen and oxygen atoms in total. The molecule has 0 radical (unpaired) electrons. The second-order valence-corrected chi connectivity index (χ2v) is 5.83. The van der Waals surface area contributed by atoms with E-state index in [1.165, 1.54) is 48.7 Å². The van der Waals surface area contributed by atoms with Gasteiger partial charge < -0.3 is 9.47 Å². The van der Waals surface area contributed by atoms with Crippen LogP contribution in [0.2, 0.25) is 0 Å². The molecular weight excluding hydrogens is 394 g/mol. The molecule has 1 N–H and O–H groups in total. The van der Waals surface area contributed by atoms with Gasteiger partial charge in [0.05, 0.1) is 11.1 Å². The van der Waals surface area contributed by atoms with E-state index in [4.69, 9.17) is 9.47 Å². The first-order valence-electron chi connectivity index (χ1n) is 8.97. The zero-order valence-corrected chi connectivity index (χ0v) is 16.3. The number of hydrazone groups is 1. The summed E-state index contributed by atoms with van der Waals surface area (Å²) in [6.45, 7) is 3.26. The number of esters is 2. The van der Waals surface area contributed by atoms with Crippen molar-refractivity contribution < 1.29 is 28.8 Å². The van der Waals surface area contributed by atoms with Gasteiger partial charge in [0.25, 0.3) is 11.6 Å². The SMILES string of the molecule is CCC(=O)Oc1ccc(C=NNC(=O)c2ccccc2[N+](=O)[O-])c(OC(=O)CC)c1. The van der Waals surface area contributed by atoms with Gasteiger partial charge in [-0.05, 0) is 18.2 Å². The summed E-state index contributed by atoms with van der Waals surface area (Å²) < 4.78 is 10.3. The molecule has 2 aromatic rings. The number of para-hydroxylation sites is 1. The average molecular weight is 413 g/mol. The summed E-state index contributed by atoms with van der Waals surface area (Å²) in [5.74, 6) is -1.50. The first kappa shape index (κ1) is 22.2. The standard InChI is InChI=1S/C20H19N3O7/c1-3-18(24)29-14-10-9-13(17(11-14)30-19(25)4-2)12-21-22-20(26)15-7-5-6-8-16(15)23(27)28/h5-12H,3-4H2,1-2H3,(H,22,26). The van der Waals surface area contributed by atoms with Crippen LogP contribution >= 0.6 is 0 Å². The van der Waals surface area contributed by atoms with E-state index in [0.29, 0.717) is 5.56 Å². The van der Waals surface area contributed by atoms with E-state index in [9.17, 15) is 24.5 Å². The van der Waals surface area contributed by atoms with E-state index >= 15 is 0 Å². The summed E-state index contributed by atoms with van der Waals surface area (Å²) in [6.07, 6.45) is 1.49. The molecule has 0 heterocycles. The van der Waals surface area contributed by atoms with Crippen LogP contribution in [0.4, 0.5) is 5.69 Å². The molecule has 0 aliphatic carbocycles. The van der Waals surface area contributed by atoms with Crippen molar-refractivity contribution >= 4 is 29.7 Å². The van der Waals surface area contributed by atoms with Gasteiger partial charge in [-0.25, -0.2) is 5.43 Å². The van der Waals surface area contributed by atoms with E-state index in [1.54, 1.807) is 13.8 Å². The Morgan fingerprint density at radius 1 is 1.07 bits per heavy atom. The van der Waals surface area contributed by atoms with E-state index in [0.717, 1.165) is 0 Å². The van der Waals surface area contributed by atoms with Gasteiger partial charge in [0.15, 0.2) is 0 Å². The highest BCUT2D eigenvalue weighted by molar-refractivity contribution is 5.98. The molecule has 30 heavy (non-hydrogen) atoms. The van der Waals surface area contributed by atoms with Crippen LogP contribution in [0.15, 0.2) is 47.6 Å². The molecule has 0 saturated carbocycles. The third kappa shape index (κ3) is 5.96. The van der Waals surface area contributed by atoms with Crippen molar-refractivity contribution in [3.05, 3.63) is 63.7 Å². The van der Waals surface area contributed by atoms with Gasteiger partial charge in [0.2, 0.25) is 0 Å². The van der Waals surface area contributed by atoms with Gasteiger partial charge >= 0.3 is 11.9 Å². The summed E-state index contributed by atoms with van der Waals surface area (Å²) >= 11 is 0. The number of carbonyl (C=O) groups excluding carboxylic acids is 3. The number of nitrogens with zero attached hydrogens (tertiary/aromatic N) is 2. The van der Waals surface area contributed by atoms with Crippen molar-refractivity contribution in [1.82, 2.24) is 5.43 Å². The molecule has 0 aliphatic rings. The van der Waals surface area contributed by atoms with Crippen LogP contribution in [0.3, 0.4) is 0 Å². The molecule has 2 rings (SSSR count). The Labute approximate surface area is 171 Å². The van der Waals surface area contributed by atoms with Crippen molar-refractivity contribution in [1.29, 1.82) is 0 Å².